The van der Waals surface area contributed by atoms with Crippen LogP contribution in [0.5, 0.6) is 5.75 Å². The van der Waals surface area contributed by atoms with Gasteiger partial charge in [-0.3, -0.25) is 4.79 Å². The molecular weight excluding hydrogens is 299 g/mol. The summed E-state index contributed by atoms with van der Waals surface area (Å²) in [6.07, 6.45) is 2.18. The molecule has 0 saturated carbocycles. The van der Waals surface area contributed by atoms with E-state index >= 15 is 0 Å². The van der Waals surface area contributed by atoms with Gasteiger partial charge in [-0.1, -0.05) is 23.2 Å². The van der Waals surface area contributed by atoms with E-state index in [0.29, 0.717) is 11.6 Å². The van der Waals surface area contributed by atoms with E-state index < -0.39 is 0 Å². The Morgan fingerprint density at radius 3 is 2.35 bits per heavy atom. The summed E-state index contributed by atoms with van der Waals surface area (Å²) in [6, 6.07) is 3.03. The fraction of sp³-hybridized carbons (Fsp3) is 0.500. The number of benzene rings is 1. The number of nitrogens with one attached hydrogen (secondary N) is 1. The molecule has 2 bridgehead atoms. The van der Waals surface area contributed by atoms with Crippen LogP contribution in [-0.4, -0.2) is 35.5 Å². The summed E-state index contributed by atoms with van der Waals surface area (Å²) < 4.78 is 0. The Balaban J connectivity index is 1.73. The lowest BCUT2D eigenvalue weighted by Gasteiger charge is -2.43. The van der Waals surface area contributed by atoms with Crippen molar-refractivity contribution in [1.29, 1.82) is 0 Å². The summed E-state index contributed by atoms with van der Waals surface area (Å²) in [7, 11) is 0. The highest BCUT2D eigenvalue weighted by Crippen LogP contribution is 2.36. The maximum absolute atomic E-state index is 12.4. The van der Waals surface area contributed by atoms with E-state index in [1.54, 1.807) is 0 Å². The Bertz CT molecular complexity index is 519. The van der Waals surface area contributed by atoms with Crippen LogP contribution in [-0.2, 0) is 4.79 Å². The normalized spacial score (nSPS) is 28.4. The third-order valence-corrected chi connectivity index (χ3v) is 4.85. The van der Waals surface area contributed by atoms with E-state index in [1.165, 1.54) is 12.1 Å². The van der Waals surface area contributed by atoms with Gasteiger partial charge in [0.15, 0.2) is 5.75 Å². The summed E-state index contributed by atoms with van der Waals surface area (Å²) in [5, 5.41) is 12.7. The van der Waals surface area contributed by atoms with Crippen molar-refractivity contribution in [2.45, 2.75) is 12.8 Å². The molecule has 2 N–H and O–H groups in total. The van der Waals surface area contributed by atoms with Crippen LogP contribution in [0.2, 0.25) is 10.0 Å². The minimum Gasteiger partial charge on any atom is -0.505 e. The van der Waals surface area contributed by atoms with Gasteiger partial charge in [0.05, 0.1) is 16.0 Å². The third-order valence-electron chi connectivity index (χ3n) is 4.28. The monoisotopic (exact) mass is 314 g/mol. The van der Waals surface area contributed by atoms with E-state index in [9.17, 15) is 9.90 Å². The second-order valence-corrected chi connectivity index (χ2v) is 6.34. The van der Waals surface area contributed by atoms with Crippen LogP contribution < -0.4 is 5.32 Å². The Kier molecular flexibility index (Phi) is 3.80. The van der Waals surface area contributed by atoms with Crippen molar-refractivity contribution < 1.29 is 9.90 Å². The number of fused-ring (bicyclic) bond motifs is 3. The standard InChI is InChI=1S/C14H16Cl2N2O2/c15-11-5-9(6-12(16)13(11)19)17-14(20)10-7-18-3-1-8(10)2-4-18/h5-6,8,10,19H,1-4,7H2,(H,17,20)/t10-/m0/s1. The zero-order chi connectivity index (χ0) is 14.3. The topological polar surface area (TPSA) is 52.6 Å². The van der Waals surface area contributed by atoms with Gasteiger partial charge in [0, 0.05) is 12.2 Å². The molecule has 1 amide bonds. The Labute approximate surface area is 127 Å². The van der Waals surface area contributed by atoms with Gasteiger partial charge in [-0.05, 0) is 44.0 Å². The van der Waals surface area contributed by atoms with Crippen LogP contribution in [0.25, 0.3) is 0 Å². The number of halogens is 2. The largest absolute Gasteiger partial charge is 0.505 e. The first kappa shape index (κ1) is 14.0. The van der Waals surface area contributed by atoms with Gasteiger partial charge in [-0.15, -0.1) is 0 Å². The molecule has 4 nitrogen and oxygen atoms in total. The fourth-order valence-electron chi connectivity index (χ4n) is 3.13. The maximum atomic E-state index is 12.4. The molecule has 3 saturated heterocycles. The SMILES string of the molecule is O=C(Nc1cc(Cl)c(O)c(Cl)c1)[C@H]1CN2CCC1CC2. The number of phenolic OH excluding ortho intramolecular Hbond substituents is 1. The van der Waals surface area contributed by atoms with E-state index in [4.69, 9.17) is 23.2 Å². The lowest BCUT2D eigenvalue weighted by molar-refractivity contribution is -0.125. The van der Waals surface area contributed by atoms with Crippen LogP contribution >= 0.6 is 23.2 Å². The second kappa shape index (κ2) is 5.43. The minimum atomic E-state index is -0.158. The van der Waals surface area contributed by atoms with Gasteiger partial charge >= 0.3 is 0 Å². The third kappa shape index (κ3) is 2.60. The zero-order valence-electron chi connectivity index (χ0n) is 10.9. The van der Waals surface area contributed by atoms with Gasteiger partial charge in [0.25, 0.3) is 0 Å². The number of hydrogen-bond acceptors (Lipinski definition) is 3. The number of aromatic hydroxyl groups is 1. The maximum Gasteiger partial charge on any atom is 0.229 e. The Morgan fingerprint density at radius 1 is 1.25 bits per heavy atom. The highest BCUT2D eigenvalue weighted by Gasteiger charge is 2.38. The molecule has 0 radical (unpaired) electrons. The second-order valence-electron chi connectivity index (χ2n) is 5.52. The first-order chi connectivity index (χ1) is 9.54. The van der Waals surface area contributed by atoms with Gasteiger partial charge in [-0.2, -0.15) is 0 Å². The lowest BCUT2D eigenvalue weighted by Crippen LogP contribution is -2.51. The predicted molar refractivity (Wildman–Crippen MR) is 79.4 cm³/mol. The van der Waals surface area contributed by atoms with Crippen molar-refractivity contribution in [3.05, 3.63) is 22.2 Å². The molecule has 1 aromatic carbocycles. The van der Waals surface area contributed by atoms with E-state index in [1.807, 2.05) is 0 Å². The first-order valence-electron chi connectivity index (χ1n) is 6.76. The van der Waals surface area contributed by atoms with Gasteiger partial charge in [0.1, 0.15) is 0 Å². The molecule has 3 aliphatic heterocycles. The molecule has 3 aliphatic rings. The van der Waals surface area contributed by atoms with Crippen LogP contribution in [0.1, 0.15) is 12.8 Å². The molecule has 3 fully saturated rings. The minimum absolute atomic E-state index is 0.0113. The Morgan fingerprint density at radius 2 is 1.85 bits per heavy atom. The molecule has 108 valence electrons. The molecular formula is C14H16Cl2N2O2. The molecule has 1 atom stereocenters. The number of rotatable bonds is 2. The molecule has 6 heteroatoms. The van der Waals surface area contributed by atoms with Crippen LogP contribution in [0.15, 0.2) is 12.1 Å². The first-order valence-corrected chi connectivity index (χ1v) is 7.51. The smallest absolute Gasteiger partial charge is 0.229 e. The predicted octanol–water partition coefficient (Wildman–Crippen LogP) is 2.98. The number of hydrogen-bond donors (Lipinski definition) is 2. The number of phenols is 1. The van der Waals surface area contributed by atoms with Crippen molar-refractivity contribution >= 4 is 34.8 Å². The number of carbonyl (C=O) groups is 1. The van der Waals surface area contributed by atoms with Gasteiger partial charge < -0.3 is 15.3 Å². The van der Waals surface area contributed by atoms with E-state index in [2.05, 4.69) is 10.2 Å². The van der Waals surface area contributed by atoms with Crippen molar-refractivity contribution in [2.24, 2.45) is 11.8 Å². The molecule has 3 heterocycles. The van der Waals surface area contributed by atoms with Crippen molar-refractivity contribution in [1.82, 2.24) is 4.90 Å². The number of piperidine rings is 3. The van der Waals surface area contributed by atoms with Crippen molar-refractivity contribution in [3.63, 3.8) is 0 Å². The fourth-order valence-corrected chi connectivity index (χ4v) is 3.62. The van der Waals surface area contributed by atoms with Gasteiger partial charge in [0.2, 0.25) is 5.91 Å². The summed E-state index contributed by atoms with van der Waals surface area (Å²) in [6.45, 7) is 3.03. The van der Waals surface area contributed by atoms with E-state index in [0.717, 1.165) is 32.5 Å². The van der Waals surface area contributed by atoms with Crippen LogP contribution in [0, 0.1) is 11.8 Å². The van der Waals surface area contributed by atoms with Crippen molar-refractivity contribution in [3.8, 4) is 5.75 Å². The molecule has 4 rings (SSSR count). The average molecular weight is 315 g/mol. The summed E-state index contributed by atoms with van der Waals surface area (Å²) in [5.74, 6) is 0.360. The average Bonchev–Trinajstić information content (AvgIpc) is 2.45. The summed E-state index contributed by atoms with van der Waals surface area (Å²) in [4.78, 5) is 14.7. The number of amides is 1. The number of nitrogens with zero attached hydrogens (tertiary/aromatic N) is 1. The van der Waals surface area contributed by atoms with E-state index in [-0.39, 0.29) is 27.6 Å². The zero-order valence-corrected chi connectivity index (χ0v) is 12.4. The highest BCUT2D eigenvalue weighted by atomic mass is 35.5. The van der Waals surface area contributed by atoms with Crippen LogP contribution in [0.3, 0.4) is 0 Å². The van der Waals surface area contributed by atoms with Gasteiger partial charge in [-0.25, -0.2) is 0 Å². The molecule has 20 heavy (non-hydrogen) atoms. The Hall–Kier alpha value is -0.970. The van der Waals surface area contributed by atoms with Crippen molar-refractivity contribution in [2.75, 3.05) is 25.0 Å². The molecule has 1 aromatic rings. The summed E-state index contributed by atoms with van der Waals surface area (Å²) in [5.41, 5.74) is 0.527. The number of carbonyl (C=O) groups excluding carboxylic acids is 1. The molecule has 0 unspecified atom stereocenters. The van der Waals surface area contributed by atoms with Crippen LogP contribution in [0.4, 0.5) is 5.69 Å². The highest BCUT2D eigenvalue weighted by molar-refractivity contribution is 6.37. The molecule has 0 aliphatic carbocycles. The number of anilines is 1. The molecule has 0 aromatic heterocycles. The summed E-state index contributed by atoms with van der Waals surface area (Å²) >= 11 is 11.7. The lowest BCUT2D eigenvalue weighted by atomic mass is 9.78. The quantitative estimate of drug-likeness (QED) is 0.825. The molecule has 0 spiro atoms.